The lowest BCUT2D eigenvalue weighted by Crippen LogP contribution is -2.45. The van der Waals surface area contributed by atoms with Crippen LogP contribution < -0.4 is 10.6 Å². The van der Waals surface area contributed by atoms with Gasteiger partial charge in [0, 0.05) is 6.54 Å². The van der Waals surface area contributed by atoms with E-state index >= 15 is 0 Å². The molecule has 104 valence electrons. The fraction of sp³-hybridized carbons (Fsp3) is 0.417. The summed E-state index contributed by atoms with van der Waals surface area (Å²) in [7, 11) is 0. The molecule has 1 aromatic heterocycles. The Morgan fingerprint density at radius 3 is 2.84 bits per heavy atom. The number of pyridine rings is 1. The first kappa shape index (κ1) is 15.4. The van der Waals surface area contributed by atoms with Crippen molar-refractivity contribution in [3.05, 3.63) is 28.8 Å². The van der Waals surface area contributed by atoms with Crippen LogP contribution >= 0.6 is 11.6 Å². The molecule has 5 nitrogen and oxygen atoms in total. The van der Waals surface area contributed by atoms with Crippen LogP contribution in [-0.2, 0) is 4.79 Å². The van der Waals surface area contributed by atoms with Crippen LogP contribution in [0.15, 0.2) is 12.3 Å². The maximum Gasteiger partial charge on any atom is 0.255 e. The average molecular weight is 288 g/mol. The van der Waals surface area contributed by atoms with Gasteiger partial charge >= 0.3 is 0 Å². The molecule has 0 aliphatic rings. The molecule has 0 bridgehead atoms. The van der Waals surface area contributed by atoms with Gasteiger partial charge in [-0.25, -0.2) is 9.37 Å². The third-order valence-corrected chi connectivity index (χ3v) is 2.64. The summed E-state index contributed by atoms with van der Waals surface area (Å²) in [5.41, 5.74) is -0.100. The Morgan fingerprint density at radius 2 is 2.21 bits per heavy atom. The van der Waals surface area contributed by atoms with Crippen molar-refractivity contribution in [2.75, 3.05) is 6.54 Å². The summed E-state index contributed by atoms with van der Waals surface area (Å²) < 4.78 is 13.0. The van der Waals surface area contributed by atoms with Gasteiger partial charge in [0.15, 0.2) is 0 Å². The van der Waals surface area contributed by atoms with E-state index in [1.807, 2.05) is 6.92 Å². The summed E-state index contributed by atoms with van der Waals surface area (Å²) in [6.07, 6.45) is 1.71. The lowest BCUT2D eigenvalue weighted by molar-refractivity contribution is -0.122. The molecule has 2 N–H and O–H groups in total. The summed E-state index contributed by atoms with van der Waals surface area (Å²) in [5.74, 6) is -1.62. The molecule has 1 aromatic rings. The monoisotopic (exact) mass is 287 g/mol. The van der Waals surface area contributed by atoms with Crippen molar-refractivity contribution in [2.24, 2.45) is 0 Å². The number of halogens is 2. The van der Waals surface area contributed by atoms with Crippen molar-refractivity contribution >= 4 is 23.4 Å². The first-order valence-electron chi connectivity index (χ1n) is 5.85. The van der Waals surface area contributed by atoms with Crippen LogP contribution in [0.1, 0.15) is 30.6 Å². The second kappa shape index (κ2) is 7.04. The smallest absolute Gasteiger partial charge is 0.255 e. The minimum Gasteiger partial charge on any atom is -0.354 e. The molecule has 0 spiro atoms. The predicted molar refractivity (Wildman–Crippen MR) is 69.4 cm³/mol. The van der Waals surface area contributed by atoms with Gasteiger partial charge in [-0.2, -0.15) is 0 Å². The minimum atomic E-state index is -0.738. The zero-order valence-electron chi connectivity index (χ0n) is 10.7. The van der Waals surface area contributed by atoms with E-state index in [-0.39, 0.29) is 16.6 Å². The molecule has 1 atom stereocenters. The number of carbonyl (C=O) groups excluding carboxylic acids is 2. The molecule has 1 rings (SSSR count). The van der Waals surface area contributed by atoms with Crippen molar-refractivity contribution in [1.29, 1.82) is 0 Å². The highest BCUT2D eigenvalue weighted by atomic mass is 35.5. The number of nitrogens with zero attached hydrogens (tertiary/aromatic N) is 1. The maximum atomic E-state index is 13.0. The average Bonchev–Trinajstić information content (AvgIpc) is 2.38. The van der Waals surface area contributed by atoms with Crippen LogP contribution in [0.25, 0.3) is 0 Å². The highest BCUT2D eigenvalue weighted by Crippen LogP contribution is 2.13. The zero-order chi connectivity index (χ0) is 14.4. The lowest BCUT2D eigenvalue weighted by atomic mass is 10.2. The highest BCUT2D eigenvalue weighted by molar-refractivity contribution is 6.32. The van der Waals surface area contributed by atoms with E-state index in [2.05, 4.69) is 15.6 Å². The topological polar surface area (TPSA) is 71.1 Å². The fourth-order valence-electron chi connectivity index (χ4n) is 1.32. The summed E-state index contributed by atoms with van der Waals surface area (Å²) in [5, 5.41) is 4.96. The zero-order valence-corrected chi connectivity index (χ0v) is 11.4. The first-order valence-corrected chi connectivity index (χ1v) is 6.23. The molecule has 0 aliphatic heterocycles. The fourth-order valence-corrected chi connectivity index (χ4v) is 1.51. The van der Waals surface area contributed by atoms with E-state index < -0.39 is 17.8 Å². The SMILES string of the molecule is CCCNC(=O)C(C)NC(=O)c1cc(F)cnc1Cl. The summed E-state index contributed by atoms with van der Waals surface area (Å²) in [4.78, 5) is 26.9. The Bertz CT molecular complexity index is 482. The molecule has 1 heterocycles. The van der Waals surface area contributed by atoms with Crippen LogP contribution in [-0.4, -0.2) is 29.4 Å². The van der Waals surface area contributed by atoms with E-state index in [0.29, 0.717) is 6.54 Å². The highest BCUT2D eigenvalue weighted by Gasteiger charge is 2.18. The van der Waals surface area contributed by atoms with Crippen molar-refractivity contribution in [1.82, 2.24) is 15.6 Å². The third-order valence-electron chi connectivity index (χ3n) is 2.34. The maximum absolute atomic E-state index is 13.0. The van der Waals surface area contributed by atoms with Gasteiger partial charge in [0.2, 0.25) is 5.91 Å². The molecule has 0 fully saturated rings. The van der Waals surface area contributed by atoms with Crippen molar-refractivity contribution in [3.63, 3.8) is 0 Å². The van der Waals surface area contributed by atoms with Gasteiger partial charge in [0.1, 0.15) is 17.0 Å². The Hall–Kier alpha value is -1.69. The lowest BCUT2D eigenvalue weighted by Gasteiger charge is -2.14. The molecular formula is C12H15ClFN3O2. The molecule has 2 amide bonds. The number of rotatable bonds is 5. The molecule has 7 heteroatoms. The van der Waals surface area contributed by atoms with Gasteiger partial charge in [-0.1, -0.05) is 18.5 Å². The molecule has 0 aliphatic carbocycles. The van der Waals surface area contributed by atoms with Crippen molar-refractivity contribution in [2.45, 2.75) is 26.3 Å². The van der Waals surface area contributed by atoms with Gasteiger partial charge in [-0.3, -0.25) is 9.59 Å². The van der Waals surface area contributed by atoms with Gasteiger partial charge in [-0.15, -0.1) is 0 Å². The number of carbonyl (C=O) groups is 2. The quantitative estimate of drug-likeness (QED) is 0.807. The minimum absolute atomic E-state index is 0.100. The normalized spacial score (nSPS) is 11.8. The summed E-state index contributed by atoms with van der Waals surface area (Å²) in [6.45, 7) is 3.98. The van der Waals surface area contributed by atoms with Crippen LogP contribution in [0, 0.1) is 5.82 Å². The number of hydrogen-bond acceptors (Lipinski definition) is 3. The van der Waals surface area contributed by atoms with E-state index in [4.69, 9.17) is 11.6 Å². The molecule has 0 aromatic carbocycles. The second-order valence-corrected chi connectivity index (χ2v) is 4.34. The predicted octanol–water partition coefficient (Wildman–Crippen LogP) is 1.52. The Kier molecular flexibility index (Phi) is 5.69. The van der Waals surface area contributed by atoms with Crippen molar-refractivity contribution in [3.8, 4) is 0 Å². The van der Waals surface area contributed by atoms with Gasteiger partial charge < -0.3 is 10.6 Å². The van der Waals surface area contributed by atoms with Crippen molar-refractivity contribution < 1.29 is 14.0 Å². The van der Waals surface area contributed by atoms with Gasteiger partial charge in [-0.05, 0) is 19.4 Å². The molecule has 19 heavy (non-hydrogen) atoms. The molecule has 0 saturated carbocycles. The molecular weight excluding hydrogens is 273 g/mol. The third kappa shape index (κ3) is 4.48. The summed E-state index contributed by atoms with van der Waals surface area (Å²) in [6, 6.07) is 0.236. The van der Waals surface area contributed by atoms with Crippen LogP contribution in [0.4, 0.5) is 4.39 Å². The van der Waals surface area contributed by atoms with Crippen LogP contribution in [0.3, 0.4) is 0 Å². The molecule has 1 unspecified atom stereocenters. The van der Waals surface area contributed by atoms with E-state index in [1.165, 1.54) is 6.92 Å². The first-order chi connectivity index (χ1) is 8.95. The van der Waals surface area contributed by atoms with E-state index in [0.717, 1.165) is 18.7 Å². The van der Waals surface area contributed by atoms with Crippen LogP contribution in [0.2, 0.25) is 5.15 Å². The Labute approximate surface area is 115 Å². The number of hydrogen-bond donors (Lipinski definition) is 2. The standard InChI is InChI=1S/C12H15ClFN3O2/c1-3-4-15-11(18)7(2)17-12(19)9-5-8(14)6-16-10(9)13/h5-7H,3-4H2,1-2H3,(H,15,18)(H,17,19). The Morgan fingerprint density at radius 1 is 1.53 bits per heavy atom. The number of amides is 2. The van der Waals surface area contributed by atoms with Crippen LogP contribution in [0.5, 0.6) is 0 Å². The number of aromatic nitrogens is 1. The Balaban J connectivity index is 2.68. The summed E-state index contributed by atoms with van der Waals surface area (Å²) >= 11 is 5.70. The van der Waals surface area contributed by atoms with Gasteiger partial charge in [0.05, 0.1) is 11.8 Å². The van der Waals surface area contributed by atoms with E-state index in [9.17, 15) is 14.0 Å². The molecule has 0 saturated heterocycles. The van der Waals surface area contributed by atoms with E-state index in [1.54, 1.807) is 0 Å². The second-order valence-electron chi connectivity index (χ2n) is 3.98. The largest absolute Gasteiger partial charge is 0.354 e. The number of nitrogens with one attached hydrogen (secondary N) is 2. The molecule has 0 radical (unpaired) electrons. The van der Waals surface area contributed by atoms with Gasteiger partial charge in [0.25, 0.3) is 5.91 Å².